The number of ketones is 3. The van der Waals surface area contributed by atoms with Crippen LogP contribution in [0.25, 0.3) is 0 Å². The van der Waals surface area contributed by atoms with Gasteiger partial charge in [-0.2, -0.15) is 5.26 Å². The summed E-state index contributed by atoms with van der Waals surface area (Å²) in [5.41, 5.74) is 0.638. The summed E-state index contributed by atoms with van der Waals surface area (Å²) in [7, 11) is 0. The molecule has 5 aliphatic carbocycles. The minimum Gasteiger partial charge on any atom is -0.299 e. The molecule has 0 aliphatic heterocycles. The van der Waals surface area contributed by atoms with Gasteiger partial charge in [0, 0.05) is 23.2 Å². The summed E-state index contributed by atoms with van der Waals surface area (Å²) in [6.07, 6.45) is 10.8. The van der Waals surface area contributed by atoms with E-state index < -0.39 is 5.41 Å². The highest BCUT2D eigenvalue weighted by Gasteiger charge is 2.64. The first kappa shape index (κ1) is 22.8. The molecule has 4 nitrogen and oxygen atoms in total. The Morgan fingerprint density at radius 1 is 1.03 bits per heavy atom. The normalized spacial score (nSPS) is 45.9. The third-order valence-electron chi connectivity index (χ3n) is 11.0. The fourth-order valence-corrected chi connectivity index (χ4v) is 9.02. The Hall–Kier alpha value is -2.02. The summed E-state index contributed by atoms with van der Waals surface area (Å²) in [6, 6.07) is 2.11. The molecule has 0 spiro atoms. The summed E-state index contributed by atoms with van der Waals surface area (Å²) in [5.74, 6) is 0.801. The van der Waals surface area contributed by atoms with Crippen molar-refractivity contribution in [1.82, 2.24) is 0 Å². The van der Waals surface area contributed by atoms with Crippen LogP contribution in [0.4, 0.5) is 0 Å². The van der Waals surface area contributed by atoms with E-state index in [0.717, 1.165) is 50.5 Å². The third kappa shape index (κ3) is 2.96. The first-order chi connectivity index (χ1) is 15.4. The Morgan fingerprint density at radius 2 is 1.76 bits per heavy atom. The molecule has 33 heavy (non-hydrogen) atoms. The lowest BCUT2D eigenvalue weighted by atomic mass is 9.39. The van der Waals surface area contributed by atoms with Crippen molar-refractivity contribution in [2.24, 2.45) is 45.3 Å². The summed E-state index contributed by atoms with van der Waals surface area (Å²) in [6.45, 7) is 10.8. The smallest absolute Gasteiger partial charge is 0.173 e. The molecule has 0 amide bonds. The zero-order valence-electron chi connectivity index (χ0n) is 20.8. The van der Waals surface area contributed by atoms with Crippen LogP contribution in [0, 0.1) is 56.7 Å². The summed E-state index contributed by atoms with van der Waals surface area (Å²) < 4.78 is 0. The van der Waals surface area contributed by atoms with E-state index in [2.05, 4.69) is 33.8 Å². The van der Waals surface area contributed by atoms with Crippen molar-refractivity contribution in [2.45, 2.75) is 86.0 Å². The lowest BCUT2D eigenvalue weighted by molar-refractivity contribution is -0.157. The number of nitrogens with zero attached hydrogens (tertiary/aromatic N) is 1. The molecule has 0 aromatic carbocycles. The van der Waals surface area contributed by atoms with Gasteiger partial charge in [0.05, 0.1) is 5.57 Å². The fourth-order valence-electron chi connectivity index (χ4n) is 9.02. The molecule has 0 heterocycles. The summed E-state index contributed by atoms with van der Waals surface area (Å²) in [5, 5.41) is 9.57. The van der Waals surface area contributed by atoms with Gasteiger partial charge in [-0.25, -0.2) is 0 Å². The van der Waals surface area contributed by atoms with Gasteiger partial charge in [-0.15, -0.1) is 0 Å². The highest BCUT2D eigenvalue weighted by Crippen LogP contribution is 2.69. The Labute approximate surface area is 197 Å². The van der Waals surface area contributed by atoms with Crippen LogP contribution >= 0.6 is 0 Å². The predicted molar refractivity (Wildman–Crippen MR) is 126 cm³/mol. The van der Waals surface area contributed by atoms with Crippen molar-refractivity contribution >= 4 is 17.3 Å². The lowest BCUT2D eigenvalue weighted by Crippen LogP contribution is -2.60. The Kier molecular flexibility index (Phi) is 4.83. The minimum absolute atomic E-state index is 0.0578. The number of Topliss-reactive ketones (excluding diaryl/α,β-unsaturated/α-hetero) is 2. The van der Waals surface area contributed by atoms with Gasteiger partial charge in [0.25, 0.3) is 0 Å². The van der Waals surface area contributed by atoms with Crippen LogP contribution in [0.15, 0.2) is 23.3 Å². The predicted octanol–water partition coefficient (Wildman–Crippen LogP) is 5.77. The van der Waals surface area contributed by atoms with E-state index in [1.165, 1.54) is 0 Å². The van der Waals surface area contributed by atoms with E-state index in [1.807, 2.05) is 12.2 Å². The number of carbonyl (C=O) groups excluding carboxylic acids is 3. The van der Waals surface area contributed by atoms with Crippen molar-refractivity contribution in [1.29, 1.82) is 5.26 Å². The fraction of sp³-hybridized carbons (Fsp3) is 0.724. The molecule has 176 valence electrons. The second-order valence-electron chi connectivity index (χ2n) is 13.1. The number of fused-ring (bicyclic) bond motifs is 7. The highest BCUT2D eigenvalue weighted by molar-refractivity contribution is 6.01. The van der Waals surface area contributed by atoms with Crippen LogP contribution in [-0.2, 0) is 14.4 Å². The number of hydrogen-bond donors (Lipinski definition) is 0. The van der Waals surface area contributed by atoms with Crippen LogP contribution < -0.4 is 0 Å². The maximum Gasteiger partial charge on any atom is 0.173 e. The van der Waals surface area contributed by atoms with E-state index in [0.29, 0.717) is 6.42 Å². The number of allylic oxidation sites excluding steroid dienone is 4. The second kappa shape index (κ2) is 7.00. The number of carbonyl (C=O) groups is 3. The van der Waals surface area contributed by atoms with Crippen LogP contribution in [0.3, 0.4) is 0 Å². The largest absolute Gasteiger partial charge is 0.299 e. The second-order valence-corrected chi connectivity index (χ2v) is 13.1. The molecule has 4 heteroatoms. The van der Waals surface area contributed by atoms with Crippen LogP contribution in [0.5, 0.6) is 0 Å². The molecule has 0 aromatic heterocycles. The molecule has 7 atom stereocenters. The molecule has 0 saturated heterocycles. The van der Waals surface area contributed by atoms with E-state index in [4.69, 9.17) is 0 Å². The van der Waals surface area contributed by atoms with Gasteiger partial charge in [-0.1, -0.05) is 39.3 Å². The van der Waals surface area contributed by atoms with Crippen molar-refractivity contribution < 1.29 is 14.4 Å². The molecular formula is C29H37NO3. The molecule has 0 bridgehead atoms. The quantitative estimate of drug-likeness (QED) is 0.511. The number of rotatable bonds is 1. The van der Waals surface area contributed by atoms with E-state index in [9.17, 15) is 19.6 Å². The average molecular weight is 448 g/mol. The van der Waals surface area contributed by atoms with Gasteiger partial charge in [0.2, 0.25) is 0 Å². The zero-order chi connectivity index (χ0) is 24.0. The van der Waals surface area contributed by atoms with Crippen LogP contribution in [0.1, 0.15) is 86.0 Å². The van der Waals surface area contributed by atoms with E-state index in [-0.39, 0.29) is 62.8 Å². The Morgan fingerprint density at radius 3 is 2.42 bits per heavy atom. The first-order valence-electron chi connectivity index (χ1n) is 12.8. The van der Waals surface area contributed by atoms with Gasteiger partial charge >= 0.3 is 0 Å². The topological polar surface area (TPSA) is 75.0 Å². The number of hydrogen-bond acceptors (Lipinski definition) is 4. The van der Waals surface area contributed by atoms with E-state index >= 15 is 0 Å². The Bertz CT molecular complexity index is 1060. The molecule has 3 fully saturated rings. The van der Waals surface area contributed by atoms with Crippen molar-refractivity contribution in [3.63, 3.8) is 0 Å². The number of nitriles is 1. The maximum atomic E-state index is 13.9. The average Bonchev–Trinajstić information content (AvgIpc) is 2.74. The van der Waals surface area contributed by atoms with Crippen LogP contribution in [0.2, 0.25) is 0 Å². The molecule has 0 aromatic rings. The third-order valence-corrected chi connectivity index (χ3v) is 11.0. The molecule has 0 radical (unpaired) electrons. The van der Waals surface area contributed by atoms with E-state index in [1.54, 1.807) is 6.92 Å². The molecule has 5 aliphatic rings. The molecule has 0 N–H and O–H groups in total. The van der Waals surface area contributed by atoms with Crippen molar-refractivity contribution in [2.75, 3.05) is 0 Å². The van der Waals surface area contributed by atoms with Gasteiger partial charge in [0.1, 0.15) is 11.9 Å². The summed E-state index contributed by atoms with van der Waals surface area (Å²) in [4.78, 5) is 39.5. The monoisotopic (exact) mass is 447 g/mol. The zero-order valence-corrected chi connectivity index (χ0v) is 20.8. The summed E-state index contributed by atoms with van der Waals surface area (Å²) >= 11 is 0. The molecule has 7 unspecified atom stereocenters. The van der Waals surface area contributed by atoms with Gasteiger partial charge in [-0.3, -0.25) is 14.4 Å². The van der Waals surface area contributed by atoms with Gasteiger partial charge in [-0.05, 0) is 86.5 Å². The molecule has 5 rings (SSSR count). The standard InChI is InChI=1S/C29H37NO3/c1-17(31)29-9-7-20-25(21(29)15-26(2,3)10-11-29)23(33)13-24-27(20,4)8-6-19-12-22(32)18(16-30)14-28(19,24)5/h13-14,19-21,25H,6-12,15H2,1-5H3. The van der Waals surface area contributed by atoms with Crippen LogP contribution in [-0.4, -0.2) is 17.3 Å². The highest BCUT2D eigenvalue weighted by atomic mass is 16.1. The van der Waals surface area contributed by atoms with Gasteiger partial charge < -0.3 is 0 Å². The lowest BCUT2D eigenvalue weighted by Gasteiger charge is -2.63. The Balaban J connectivity index is 1.64. The molecule has 3 saturated carbocycles. The van der Waals surface area contributed by atoms with Crippen molar-refractivity contribution in [3.8, 4) is 6.07 Å². The SMILES string of the molecule is CC(=O)C12CCC3C(C(=O)C=C4C5(C)C=C(C#N)C(=O)CC5CCC43C)C1CC(C)(C)CC2. The minimum atomic E-state index is -0.423. The maximum absolute atomic E-state index is 13.9. The first-order valence-corrected chi connectivity index (χ1v) is 12.8. The van der Waals surface area contributed by atoms with Gasteiger partial charge in [0.15, 0.2) is 11.6 Å². The molecular weight excluding hydrogens is 410 g/mol. The van der Waals surface area contributed by atoms with Crippen molar-refractivity contribution in [3.05, 3.63) is 23.3 Å².